The third-order valence-corrected chi connectivity index (χ3v) is 5.80. The van der Waals surface area contributed by atoms with E-state index in [1.165, 1.54) is 0 Å². The fourth-order valence-corrected chi connectivity index (χ4v) is 4.28. The van der Waals surface area contributed by atoms with E-state index in [1.54, 1.807) is 11.3 Å². The van der Waals surface area contributed by atoms with Gasteiger partial charge >= 0.3 is 0 Å². The molecule has 23 heavy (non-hydrogen) atoms. The fraction of sp³-hybridized carbons (Fsp3) is 0.588. The zero-order chi connectivity index (χ0) is 16.6. The average molecular weight is 332 g/mol. The van der Waals surface area contributed by atoms with Crippen LogP contribution in [0.15, 0.2) is 5.38 Å². The molecule has 6 heteroatoms. The molecule has 0 aromatic carbocycles. The molecule has 0 N–H and O–H groups in total. The second kappa shape index (κ2) is 6.43. The predicted molar refractivity (Wildman–Crippen MR) is 91.5 cm³/mol. The van der Waals surface area contributed by atoms with Crippen LogP contribution in [0.5, 0.6) is 0 Å². The molecule has 2 aromatic rings. The normalized spacial score (nSPS) is 18.4. The fourth-order valence-electron chi connectivity index (χ4n) is 3.34. The molecule has 0 spiro atoms. The lowest BCUT2D eigenvalue weighted by atomic mass is 10.0. The summed E-state index contributed by atoms with van der Waals surface area (Å²) in [7, 11) is 1.93. The Balaban J connectivity index is 1.81. The molecule has 1 amide bonds. The molecular formula is C17H24N4OS. The summed E-state index contributed by atoms with van der Waals surface area (Å²) in [5.41, 5.74) is 4.14. The number of aromatic nitrogens is 3. The lowest BCUT2D eigenvalue weighted by Crippen LogP contribution is -2.39. The number of carbonyl (C=O) groups excluding carboxylic acids is 1. The summed E-state index contributed by atoms with van der Waals surface area (Å²) < 4.78 is 1.86. The molecule has 5 nitrogen and oxygen atoms in total. The van der Waals surface area contributed by atoms with Gasteiger partial charge in [-0.15, -0.1) is 11.3 Å². The van der Waals surface area contributed by atoms with Crippen molar-refractivity contribution >= 4 is 17.2 Å². The van der Waals surface area contributed by atoms with Crippen LogP contribution in [0.1, 0.15) is 53.0 Å². The van der Waals surface area contributed by atoms with Crippen molar-refractivity contribution in [2.24, 2.45) is 7.05 Å². The quantitative estimate of drug-likeness (QED) is 0.868. The number of nitrogens with zero attached hydrogens (tertiary/aromatic N) is 4. The van der Waals surface area contributed by atoms with Crippen molar-refractivity contribution in [1.82, 2.24) is 19.7 Å². The minimum absolute atomic E-state index is 0.146. The van der Waals surface area contributed by atoms with Crippen LogP contribution in [0, 0.1) is 20.8 Å². The van der Waals surface area contributed by atoms with Gasteiger partial charge in [0, 0.05) is 35.9 Å². The van der Waals surface area contributed by atoms with Gasteiger partial charge < -0.3 is 4.90 Å². The van der Waals surface area contributed by atoms with Gasteiger partial charge in [0.15, 0.2) is 0 Å². The van der Waals surface area contributed by atoms with Crippen molar-refractivity contribution in [3.05, 3.63) is 33.0 Å². The molecule has 0 saturated carbocycles. The van der Waals surface area contributed by atoms with Gasteiger partial charge in [-0.3, -0.25) is 9.48 Å². The first kappa shape index (κ1) is 16.2. The Bertz CT molecular complexity index is 718. The summed E-state index contributed by atoms with van der Waals surface area (Å²) in [4.78, 5) is 19.6. The van der Waals surface area contributed by atoms with Crippen molar-refractivity contribution in [2.45, 2.75) is 52.5 Å². The molecule has 1 atom stereocenters. The number of piperidine rings is 1. The van der Waals surface area contributed by atoms with E-state index >= 15 is 0 Å². The highest BCUT2D eigenvalue weighted by molar-refractivity contribution is 7.09. The van der Waals surface area contributed by atoms with Crippen molar-refractivity contribution in [2.75, 3.05) is 6.54 Å². The van der Waals surface area contributed by atoms with Crippen molar-refractivity contribution in [3.63, 3.8) is 0 Å². The summed E-state index contributed by atoms with van der Waals surface area (Å²) in [6.45, 7) is 6.85. The summed E-state index contributed by atoms with van der Waals surface area (Å²) in [6.07, 6.45) is 3.70. The van der Waals surface area contributed by atoms with Crippen LogP contribution in [0.4, 0.5) is 0 Å². The Kier molecular flexibility index (Phi) is 4.53. The lowest BCUT2D eigenvalue weighted by molar-refractivity contribution is -0.134. The highest BCUT2D eigenvalue weighted by Gasteiger charge is 2.30. The largest absolute Gasteiger partial charge is 0.333 e. The second-order valence-corrected chi connectivity index (χ2v) is 7.27. The summed E-state index contributed by atoms with van der Waals surface area (Å²) in [5, 5.41) is 7.58. The Morgan fingerprint density at radius 1 is 1.35 bits per heavy atom. The van der Waals surface area contributed by atoms with E-state index in [0.29, 0.717) is 6.42 Å². The standard InChI is InChI=1S/C17H24N4OS/c1-11-10-23-17(18-11)15-7-5-6-8-21(15)16(22)9-14-12(2)19-20(4)13(14)3/h10,15H,5-9H2,1-4H3/t15-/m0/s1. The number of hydrogen-bond acceptors (Lipinski definition) is 4. The Labute approximate surface area is 141 Å². The van der Waals surface area contributed by atoms with Gasteiger partial charge in [0.25, 0.3) is 0 Å². The number of aryl methyl sites for hydroxylation is 3. The lowest BCUT2D eigenvalue weighted by Gasteiger charge is -2.34. The maximum Gasteiger partial charge on any atom is 0.227 e. The first-order valence-electron chi connectivity index (χ1n) is 8.18. The van der Waals surface area contributed by atoms with E-state index in [2.05, 4.69) is 15.5 Å². The van der Waals surface area contributed by atoms with Gasteiger partial charge in [-0.2, -0.15) is 5.10 Å². The number of hydrogen-bond donors (Lipinski definition) is 0. The number of carbonyl (C=O) groups is 1. The Morgan fingerprint density at radius 3 is 2.74 bits per heavy atom. The predicted octanol–water partition coefficient (Wildman–Crippen LogP) is 3.10. The van der Waals surface area contributed by atoms with Crippen LogP contribution >= 0.6 is 11.3 Å². The smallest absolute Gasteiger partial charge is 0.227 e. The van der Waals surface area contributed by atoms with Crippen molar-refractivity contribution in [3.8, 4) is 0 Å². The molecule has 0 aliphatic carbocycles. The number of thiazole rings is 1. The SMILES string of the molecule is Cc1csc([C@@H]2CCCCN2C(=O)Cc2c(C)nn(C)c2C)n1. The molecule has 1 aliphatic heterocycles. The highest BCUT2D eigenvalue weighted by Crippen LogP contribution is 2.33. The number of amides is 1. The zero-order valence-electron chi connectivity index (χ0n) is 14.3. The molecule has 0 unspecified atom stereocenters. The molecule has 3 heterocycles. The average Bonchev–Trinajstić information content (AvgIpc) is 3.06. The molecule has 1 saturated heterocycles. The molecular weight excluding hydrogens is 308 g/mol. The van der Waals surface area contributed by atoms with E-state index in [4.69, 9.17) is 0 Å². The minimum atomic E-state index is 0.146. The third kappa shape index (κ3) is 3.17. The maximum atomic E-state index is 12.9. The van der Waals surface area contributed by atoms with Crippen LogP contribution in [0.25, 0.3) is 0 Å². The molecule has 0 radical (unpaired) electrons. The van der Waals surface area contributed by atoms with Crippen molar-refractivity contribution in [1.29, 1.82) is 0 Å². The van der Waals surface area contributed by atoms with Gasteiger partial charge in [-0.05, 0) is 40.0 Å². The van der Waals surface area contributed by atoms with Gasteiger partial charge in [-0.25, -0.2) is 4.98 Å². The van der Waals surface area contributed by atoms with Crippen LogP contribution in [-0.2, 0) is 18.3 Å². The van der Waals surface area contributed by atoms with E-state index in [0.717, 1.165) is 53.5 Å². The first-order valence-corrected chi connectivity index (χ1v) is 9.06. The zero-order valence-corrected chi connectivity index (χ0v) is 15.1. The molecule has 2 aromatic heterocycles. The molecule has 0 bridgehead atoms. The Morgan fingerprint density at radius 2 is 2.13 bits per heavy atom. The summed E-state index contributed by atoms with van der Waals surface area (Å²) >= 11 is 1.67. The number of rotatable bonds is 3. The third-order valence-electron chi connectivity index (χ3n) is 4.73. The van der Waals surface area contributed by atoms with Crippen LogP contribution in [0.3, 0.4) is 0 Å². The van der Waals surface area contributed by atoms with E-state index in [-0.39, 0.29) is 11.9 Å². The summed E-state index contributed by atoms with van der Waals surface area (Å²) in [6, 6.07) is 0.146. The number of likely N-dealkylation sites (tertiary alicyclic amines) is 1. The van der Waals surface area contributed by atoms with Gasteiger partial charge in [0.1, 0.15) is 5.01 Å². The highest BCUT2D eigenvalue weighted by atomic mass is 32.1. The topological polar surface area (TPSA) is 51.0 Å². The minimum Gasteiger partial charge on any atom is -0.333 e. The van der Waals surface area contributed by atoms with Gasteiger partial charge in [0.2, 0.25) is 5.91 Å². The van der Waals surface area contributed by atoms with Crippen LogP contribution < -0.4 is 0 Å². The molecule has 124 valence electrons. The molecule has 1 aliphatic rings. The van der Waals surface area contributed by atoms with Crippen molar-refractivity contribution < 1.29 is 4.79 Å². The first-order chi connectivity index (χ1) is 11.0. The molecule has 1 fully saturated rings. The van der Waals surface area contributed by atoms with E-state index in [1.807, 2.05) is 37.4 Å². The molecule has 3 rings (SSSR count). The van der Waals surface area contributed by atoms with Gasteiger partial charge in [-0.1, -0.05) is 0 Å². The van der Waals surface area contributed by atoms with Crippen LogP contribution in [0.2, 0.25) is 0 Å². The Hall–Kier alpha value is -1.69. The second-order valence-electron chi connectivity index (χ2n) is 6.38. The van der Waals surface area contributed by atoms with Gasteiger partial charge in [0.05, 0.1) is 18.2 Å². The van der Waals surface area contributed by atoms with E-state index in [9.17, 15) is 4.79 Å². The van der Waals surface area contributed by atoms with E-state index < -0.39 is 0 Å². The summed E-state index contributed by atoms with van der Waals surface area (Å²) in [5.74, 6) is 0.196. The maximum absolute atomic E-state index is 12.9. The monoisotopic (exact) mass is 332 g/mol. The van der Waals surface area contributed by atoms with Crippen LogP contribution in [-0.4, -0.2) is 32.1 Å².